The zero-order chi connectivity index (χ0) is 13.1. The molecule has 0 aliphatic heterocycles. The van der Waals surface area contributed by atoms with E-state index in [0.29, 0.717) is 15.7 Å². The molecule has 1 aromatic carbocycles. The minimum Gasteiger partial charge on any atom is -0.478 e. The van der Waals surface area contributed by atoms with Gasteiger partial charge in [-0.2, -0.15) is 0 Å². The van der Waals surface area contributed by atoms with Crippen LogP contribution in [0, 0.1) is 0 Å². The Kier molecular flexibility index (Phi) is 3.74. The molecule has 1 heterocycles. The highest BCUT2D eigenvalue weighted by atomic mass is 35.5. The van der Waals surface area contributed by atoms with Gasteiger partial charge in [0, 0.05) is 11.1 Å². The summed E-state index contributed by atoms with van der Waals surface area (Å²) in [5.74, 6) is -1.05. The van der Waals surface area contributed by atoms with Gasteiger partial charge >= 0.3 is 5.97 Å². The van der Waals surface area contributed by atoms with Crippen molar-refractivity contribution >= 4 is 35.0 Å². The third-order valence-corrected chi connectivity index (χ3v) is 3.72. The van der Waals surface area contributed by atoms with Crippen molar-refractivity contribution in [3.8, 4) is 0 Å². The molecule has 2 rings (SSSR count). The lowest BCUT2D eigenvalue weighted by Gasteiger charge is -2.06. The van der Waals surface area contributed by atoms with Crippen LogP contribution in [0.4, 0.5) is 5.69 Å². The van der Waals surface area contributed by atoms with Crippen molar-refractivity contribution in [2.45, 2.75) is 9.92 Å². The van der Waals surface area contributed by atoms with Gasteiger partial charge in [0.2, 0.25) is 0 Å². The number of carboxylic acid groups (broad SMARTS) is 1. The molecule has 0 bridgehead atoms. The number of halogens is 1. The number of carboxylic acids is 1. The molecule has 18 heavy (non-hydrogen) atoms. The molecule has 0 saturated heterocycles. The molecule has 0 radical (unpaired) electrons. The lowest BCUT2D eigenvalue weighted by atomic mass is 10.3. The number of nitrogen functional groups attached to an aromatic ring is 1. The summed E-state index contributed by atoms with van der Waals surface area (Å²) < 4.78 is 0. The van der Waals surface area contributed by atoms with E-state index in [4.69, 9.17) is 22.4 Å². The molecule has 1 aromatic heterocycles. The molecule has 3 N–H and O–H groups in total. The predicted octanol–water partition coefficient (Wildman–Crippen LogP) is 3.17. The highest BCUT2D eigenvalue weighted by Crippen LogP contribution is 2.34. The van der Waals surface area contributed by atoms with Gasteiger partial charge in [-0.05, 0) is 18.2 Å². The standard InChI is InChI=1S/C12H9ClN2O2S/c13-8-3-1-2-4-10(8)18-11-9(14)5-7(6-15-11)12(16)17/h1-6H,14H2,(H,16,17). The molecular weight excluding hydrogens is 272 g/mol. The minimum atomic E-state index is -1.05. The normalized spacial score (nSPS) is 10.3. The molecule has 0 spiro atoms. The smallest absolute Gasteiger partial charge is 0.337 e. The van der Waals surface area contributed by atoms with Crippen molar-refractivity contribution in [1.29, 1.82) is 0 Å². The van der Waals surface area contributed by atoms with Crippen LogP contribution in [0.1, 0.15) is 10.4 Å². The van der Waals surface area contributed by atoms with Crippen LogP contribution in [-0.2, 0) is 0 Å². The van der Waals surface area contributed by atoms with Gasteiger partial charge in [0.05, 0.1) is 16.3 Å². The number of benzene rings is 1. The van der Waals surface area contributed by atoms with E-state index in [-0.39, 0.29) is 5.56 Å². The van der Waals surface area contributed by atoms with Crippen molar-refractivity contribution in [2.24, 2.45) is 0 Å². The topological polar surface area (TPSA) is 76.2 Å². The molecule has 92 valence electrons. The highest BCUT2D eigenvalue weighted by Gasteiger charge is 2.10. The second-order valence-electron chi connectivity index (χ2n) is 3.46. The van der Waals surface area contributed by atoms with E-state index in [2.05, 4.69) is 4.98 Å². The molecule has 0 fully saturated rings. The average molecular weight is 281 g/mol. The van der Waals surface area contributed by atoms with Crippen molar-refractivity contribution < 1.29 is 9.90 Å². The van der Waals surface area contributed by atoms with Gasteiger partial charge in [0.25, 0.3) is 0 Å². The maximum Gasteiger partial charge on any atom is 0.337 e. The second-order valence-corrected chi connectivity index (χ2v) is 4.89. The summed E-state index contributed by atoms with van der Waals surface area (Å²) >= 11 is 7.32. The fourth-order valence-corrected chi connectivity index (χ4v) is 2.36. The number of rotatable bonds is 3. The second kappa shape index (κ2) is 5.29. The summed E-state index contributed by atoms with van der Waals surface area (Å²) in [6, 6.07) is 8.69. The minimum absolute atomic E-state index is 0.0657. The molecule has 4 nitrogen and oxygen atoms in total. The third-order valence-electron chi connectivity index (χ3n) is 2.17. The van der Waals surface area contributed by atoms with E-state index in [9.17, 15) is 4.79 Å². The van der Waals surface area contributed by atoms with Crippen LogP contribution in [0.3, 0.4) is 0 Å². The zero-order valence-corrected chi connectivity index (χ0v) is 10.7. The Morgan fingerprint density at radius 2 is 2.11 bits per heavy atom. The Morgan fingerprint density at radius 3 is 2.72 bits per heavy atom. The van der Waals surface area contributed by atoms with Crippen LogP contribution in [-0.4, -0.2) is 16.1 Å². The van der Waals surface area contributed by atoms with Crippen LogP contribution < -0.4 is 5.73 Å². The first-order chi connectivity index (χ1) is 8.58. The quantitative estimate of drug-likeness (QED) is 0.903. The molecule has 0 aliphatic carbocycles. The fourth-order valence-electron chi connectivity index (χ4n) is 1.30. The Balaban J connectivity index is 2.30. The number of carbonyl (C=O) groups is 1. The molecule has 2 aromatic rings. The molecule has 0 aliphatic rings. The highest BCUT2D eigenvalue weighted by molar-refractivity contribution is 7.99. The van der Waals surface area contributed by atoms with Gasteiger partial charge in [-0.25, -0.2) is 9.78 Å². The van der Waals surface area contributed by atoms with E-state index in [1.165, 1.54) is 24.0 Å². The van der Waals surface area contributed by atoms with Gasteiger partial charge in [0.1, 0.15) is 5.03 Å². The Hall–Kier alpha value is -1.72. The van der Waals surface area contributed by atoms with Crippen LogP contribution in [0.15, 0.2) is 46.5 Å². The summed E-state index contributed by atoms with van der Waals surface area (Å²) in [6.07, 6.45) is 1.28. The number of nitrogens with two attached hydrogens (primary N) is 1. The van der Waals surface area contributed by atoms with E-state index in [1.54, 1.807) is 6.07 Å². The largest absolute Gasteiger partial charge is 0.478 e. The summed E-state index contributed by atoms with van der Waals surface area (Å²) in [5, 5.41) is 9.95. The maximum absolute atomic E-state index is 10.8. The molecule has 6 heteroatoms. The molecule has 0 atom stereocenters. The molecule has 0 unspecified atom stereocenters. The van der Waals surface area contributed by atoms with Crippen molar-refractivity contribution in [3.63, 3.8) is 0 Å². The summed E-state index contributed by atoms with van der Waals surface area (Å²) in [7, 11) is 0. The Bertz CT molecular complexity index is 604. The number of hydrogen-bond acceptors (Lipinski definition) is 4. The first-order valence-corrected chi connectivity index (χ1v) is 6.18. The summed E-state index contributed by atoms with van der Waals surface area (Å²) in [5.41, 5.74) is 6.15. The number of pyridine rings is 1. The van der Waals surface area contributed by atoms with Gasteiger partial charge in [0.15, 0.2) is 0 Å². The van der Waals surface area contributed by atoms with Crippen LogP contribution in [0.2, 0.25) is 5.02 Å². The van der Waals surface area contributed by atoms with E-state index >= 15 is 0 Å². The van der Waals surface area contributed by atoms with Gasteiger partial charge < -0.3 is 10.8 Å². The maximum atomic E-state index is 10.8. The fraction of sp³-hybridized carbons (Fsp3) is 0. The Labute approximate surface area is 113 Å². The number of nitrogens with zero attached hydrogens (tertiary/aromatic N) is 1. The number of hydrogen-bond donors (Lipinski definition) is 2. The first-order valence-electron chi connectivity index (χ1n) is 4.99. The molecule has 0 amide bonds. The number of aromatic carboxylic acids is 1. The monoisotopic (exact) mass is 280 g/mol. The Morgan fingerprint density at radius 1 is 1.39 bits per heavy atom. The average Bonchev–Trinajstić information content (AvgIpc) is 2.34. The van der Waals surface area contributed by atoms with Crippen LogP contribution >= 0.6 is 23.4 Å². The molecular formula is C12H9ClN2O2S. The van der Waals surface area contributed by atoms with Crippen LogP contribution in [0.25, 0.3) is 0 Å². The lowest BCUT2D eigenvalue weighted by molar-refractivity contribution is 0.0696. The van der Waals surface area contributed by atoms with E-state index in [0.717, 1.165) is 4.90 Å². The van der Waals surface area contributed by atoms with Crippen molar-refractivity contribution in [2.75, 3.05) is 5.73 Å². The van der Waals surface area contributed by atoms with E-state index < -0.39 is 5.97 Å². The van der Waals surface area contributed by atoms with Gasteiger partial charge in [-0.1, -0.05) is 35.5 Å². The van der Waals surface area contributed by atoms with Gasteiger partial charge in [-0.15, -0.1) is 0 Å². The zero-order valence-electron chi connectivity index (χ0n) is 9.13. The van der Waals surface area contributed by atoms with Crippen molar-refractivity contribution in [3.05, 3.63) is 47.1 Å². The molecule has 0 saturated carbocycles. The third kappa shape index (κ3) is 2.75. The van der Waals surface area contributed by atoms with Gasteiger partial charge in [-0.3, -0.25) is 0 Å². The van der Waals surface area contributed by atoms with Crippen LogP contribution in [0.5, 0.6) is 0 Å². The predicted molar refractivity (Wildman–Crippen MR) is 71.2 cm³/mol. The first kappa shape index (κ1) is 12.7. The SMILES string of the molecule is Nc1cc(C(=O)O)cnc1Sc1ccccc1Cl. The van der Waals surface area contributed by atoms with E-state index in [1.807, 2.05) is 18.2 Å². The summed E-state index contributed by atoms with van der Waals surface area (Å²) in [6.45, 7) is 0. The summed E-state index contributed by atoms with van der Waals surface area (Å²) in [4.78, 5) is 15.6. The van der Waals surface area contributed by atoms with Crippen molar-refractivity contribution in [1.82, 2.24) is 4.98 Å². The number of aromatic nitrogens is 1. The number of anilines is 1. The lowest BCUT2D eigenvalue weighted by Crippen LogP contribution is -2.00.